The van der Waals surface area contributed by atoms with Crippen molar-refractivity contribution in [3.8, 4) is 0 Å². The maximum absolute atomic E-state index is 12.5. The molecule has 3 nitrogen and oxygen atoms in total. The monoisotopic (exact) mass is 328 g/mol. The van der Waals surface area contributed by atoms with E-state index in [1.54, 1.807) is 6.92 Å². The molecule has 2 atom stereocenters. The van der Waals surface area contributed by atoms with Crippen LogP contribution in [0.5, 0.6) is 0 Å². The number of alkyl halides is 6. The number of carbonyl (C=O) groups excluding carboxylic acids is 1. The Morgan fingerprint density at radius 2 is 1.57 bits per heavy atom. The predicted molar refractivity (Wildman–Crippen MR) is 57.2 cm³/mol. The first kappa shape index (κ1) is 20.1. The second-order valence-corrected chi connectivity index (χ2v) is 4.17. The fourth-order valence-electron chi connectivity index (χ4n) is 1.29. The molecule has 0 radical (unpaired) electrons. The van der Waals surface area contributed by atoms with Gasteiger partial charge >= 0.3 is 18.4 Å². The minimum Gasteiger partial charge on any atom is -0.366 e. The Morgan fingerprint density at radius 1 is 1.00 bits per heavy atom. The SMILES string of the molecule is CCCCCOC(COC(C(=O)F)C(F)(F)F)C(F)(F)F. The number of ether oxygens (including phenoxy) is 2. The molecule has 10 heteroatoms. The van der Waals surface area contributed by atoms with Crippen LogP contribution < -0.4 is 0 Å². The first-order valence-corrected chi connectivity index (χ1v) is 6.06. The van der Waals surface area contributed by atoms with Crippen molar-refractivity contribution in [2.75, 3.05) is 13.2 Å². The van der Waals surface area contributed by atoms with Crippen LogP contribution >= 0.6 is 0 Å². The number of hydrogen-bond acceptors (Lipinski definition) is 3. The summed E-state index contributed by atoms with van der Waals surface area (Å²) in [4.78, 5) is 10.1. The molecule has 126 valence electrons. The summed E-state index contributed by atoms with van der Waals surface area (Å²) in [6.45, 7) is -0.151. The molecule has 0 heterocycles. The molecule has 21 heavy (non-hydrogen) atoms. The lowest BCUT2D eigenvalue weighted by Gasteiger charge is -2.23. The molecule has 0 aromatic carbocycles. The van der Waals surface area contributed by atoms with E-state index in [0.29, 0.717) is 12.8 Å². The number of unbranched alkanes of at least 4 members (excludes halogenated alkanes) is 2. The van der Waals surface area contributed by atoms with Gasteiger partial charge in [-0.3, -0.25) is 4.79 Å². The highest BCUT2D eigenvalue weighted by Gasteiger charge is 2.49. The van der Waals surface area contributed by atoms with Crippen molar-refractivity contribution >= 4 is 6.04 Å². The van der Waals surface area contributed by atoms with Gasteiger partial charge in [-0.1, -0.05) is 19.8 Å². The largest absolute Gasteiger partial charge is 0.424 e. The highest BCUT2D eigenvalue weighted by atomic mass is 19.4. The Labute approximate surface area is 116 Å². The van der Waals surface area contributed by atoms with Crippen molar-refractivity contribution < 1.29 is 45.0 Å². The summed E-state index contributed by atoms with van der Waals surface area (Å²) < 4.78 is 94.3. The van der Waals surface area contributed by atoms with Gasteiger partial charge in [0.05, 0.1) is 6.61 Å². The van der Waals surface area contributed by atoms with E-state index in [9.17, 15) is 35.5 Å². The normalized spacial score (nSPS) is 15.8. The Kier molecular flexibility index (Phi) is 8.16. The molecule has 0 rings (SSSR count). The van der Waals surface area contributed by atoms with Gasteiger partial charge in [0.2, 0.25) is 6.10 Å². The molecule has 0 aliphatic rings. The van der Waals surface area contributed by atoms with Crippen molar-refractivity contribution in [1.82, 2.24) is 0 Å². The molecular weight excluding hydrogens is 313 g/mol. The lowest BCUT2D eigenvalue weighted by molar-refractivity contribution is -0.262. The van der Waals surface area contributed by atoms with Crippen LogP contribution in [0.4, 0.5) is 30.7 Å². The zero-order valence-corrected chi connectivity index (χ0v) is 11.1. The molecule has 0 bridgehead atoms. The molecule has 0 spiro atoms. The summed E-state index contributed by atoms with van der Waals surface area (Å²) in [5.74, 6) is 0. The van der Waals surface area contributed by atoms with Gasteiger partial charge < -0.3 is 9.47 Å². The second-order valence-electron chi connectivity index (χ2n) is 4.17. The summed E-state index contributed by atoms with van der Waals surface area (Å²) in [5.41, 5.74) is 0. The van der Waals surface area contributed by atoms with Gasteiger partial charge in [0.1, 0.15) is 0 Å². The molecule has 0 saturated carbocycles. The average molecular weight is 328 g/mol. The maximum Gasteiger partial charge on any atom is 0.424 e. The van der Waals surface area contributed by atoms with Gasteiger partial charge in [-0.15, -0.1) is 0 Å². The number of rotatable bonds is 9. The molecule has 2 unspecified atom stereocenters. The van der Waals surface area contributed by atoms with Crippen molar-refractivity contribution in [2.45, 2.75) is 50.7 Å². The van der Waals surface area contributed by atoms with Crippen molar-refractivity contribution in [3.05, 3.63) is 0 Å². The smallest absolute Gasteiger partial charge is 0.366 e. The first-order valence-electron chi connectivity index (χ1n) is 6.06. The molecule has 0 aliphatic heterocycles. The first-order chi connectivity index (χ1) is 9.50. The molecule has 0 N–H and O–H groups in total. The third-order valence-corrected chi connectivity index (χ3v) is 2.35. The van der Waals surface area contributed by atoms with E-state index in [-0.39, 0.29) is 13.0 Å². The standard InChI is InChI=1S/C11H15F7O3/c1-2-3-4-5-20-7(10(13,14)15)6-21-8(9(12)19)11(16,17)18/h7-8H,2-6H2,1H3. The van der Waals surface area contributed by atoms with E-state index in [4.69, 9.17) is 0 Å². The fourth-order valence-corrected chi connectivity index (χ4v) is 1.29. The molecule has 0 saturated heterocycles. The predicted octanol–water partition coefficient (Wildman–Crippen LogP) is 3.57. The average Bonchev–Trinajstić information content (AvgIpc) is 2.28. The zero-order chi connectivity index (χ0) is 16.7. The second kappa shape index (κ2) is 8.52. The fraction of sp³-hybridized carbons (Fsp3) is 0.909. The molecular formula is C11H15F7O3. The van der Waals surface area contributed by atoms with Crippen LogP contribution in [-0.2, 0) is 14.3 Å². The highest BCUT2D eigenvalue weighted by molar-refractivity contribution is 5.74. The van der Waals surface area contributed by atoms with Gasteiger partial charge in [0.25, 0.3) is 0 Å². The van der Waals surface area contributed by atoms with Crippen molar-refractivity contribution in [2.24, 2.45) is 0 Å². The Hall–Kier alpha value is -0.900. The summed E-state index contributed by atoms with van der Waals surface area (Å²) >= 11 is 0. The third-order valence-electron chi connectivity index (χ3n) is 2.35. The van der Waals surface area contributed by atoms with E-state index in [1.807, 2.05) is 0 Å². The number of carbonyl (C=O) groups is 1. The van der Waals surface area contributed by atoms with Gasteiger partial charge in [-0.2, -0.15) is 30.7 Å². The Balaban J connectivity index is 4.57. The van der Waals surface area contributed by atoms with E-state index in [1.165, 1.54) is 0 Å². The van der Waals surface area contributed by atoms with Crippen LogP contribution in [0.3, 0.4) is 0 Å². The summed E-state index contributed by atoms with van der Waals surface area (Å²) in [7, 11) is 0. The van der Waals surface area contributed by atoms with Gasteiger partial charge in [0.15, 0.2) is 6.10 Å². The van der Waals surface area contributed by atoms with Crippen LogP contribution in [0.25, 0.3) is 0 Å². The number of halogens is 7. The van der Waals surface area contributed by atoms with Crippen LogP contribution in [-0.4, -0.2) is 43.8 Å². The third kappa shape index (κ3) is 8.20. The maximum atomic E-state index is 12.5. The van der Waals surface area contributed by atoms with E-state index >= 15 is 0 Å². The van der Waals surface area contributed by atoms with Crippen LogP contribution in [0.15, 0.2) is 0 Å². The van der Waals surface area contributed by atoms with Gasteiger partial charge in [-0.05, 0) is 6.42 Å². The zero-order valence-electron chi connectivity index (χ0n) is 11.1. The van der Waals surface area contributed by atoms with Gasteiger partial charge in [-0.25, -0.2) is 0 Å². The summed E-state index contributed by atoms with van der Waals surface area (Å²) in [6.07, 6.45) is -15.0. The lowest BCUT2D eigenvalue weighted by atomic mass is 10.2. The molecule has 0 aromatic heterocycles. The van der Waals surface area contributed by atoms with Crippen molar-refractivity contribution in [1.29, 1.82) is 0 Å². The van der Waals surface area contributed by atoms with E-state index in [0.717, 1.165) is 0 Å². The van der Waals surface area contributed by atoms with Crippen LogP contribution in [0.2, 0.25) is 0 Å². The molecule has 0 fully saturated rings. The lowest BCUT2D eigenvalue weighted by Crippen LogP contribution is -2.43. The highest BCUT2D eigenvalue weighted by Crippen LogP contribution is 2.28. The molecule has 0 aromatic rings. The van der Waals surface area contributed by atoms with Crippen LogP contribution in [0.1, 0.15) is 26.2 Å². The Bertz CT molecular complexity index is 314. The Morgan fingerprint density at radius 3 is 1.95 bits per heavy atom. The summed E-state index contributed by atoms with van der Waals surface area (Å²) in [6, 6.07) is -2.91. The minimum atomic E-state index is -5.43. The number of hydrogen-bond donors (Lipinski definition) is 0. The topological polar surface area (TPSA) is 35.5 Å². The molecule has 0 amide bonds. The van der Waals surface area contributed by atoms with Crippen LogP contribution in [0, 0.1) is 0 Å². The molecule has 0 aliphatic carbocycles. The minimum absolute atomic E-state index is 0.286. The van der Waals surface area contributed by atoms with Crippen molar-refractivity contribution in [3.63, 3.8) is 0 Å². The summed E-state index contributed by atoms with van der Waals surface area (Å²) in [5, 5.41) is 0. The van der Waals surface area contributed by atoms with E-state index < -0.39 is 37.2 Å². The van der Waals surface area contributed by atoms with Gasteiger partial charge in [0, 0.05) is 6.61 Å². The quantitative estimate of drug-likeness (QED) is 0.369. The van der Waals surface area contributed by atoms with E-state index in [2.05, 4.69) is 9.47 Å².